The maximum absolute atomic E-state index is 12.7. The molecule has 1 heterocycles. The summed E-state index contributed by atoms with van der Waals surface area (Å²) in [5.74, 6) is 0.202. The van der Waals surface area contributed by atoms with Crippen molar-refractivity contribution < 1.29 is 9.31 Å². The van der Waals surface area contributed by atoms with Gasteiger partial charge < -0.3 is 5.32 Å². The monoisotopic (exact) mass is 325 g/mol. The normalized spacial score (nSPS) is 10.2. The van der Waals surface area contributed by atoms with Gasteiger partial charge in [0.2, 0.25) is 0 Å². The molecule has 0 atom stereocenters. The lowest BCUT2D eigenvalue weighted by atomic mass is 10.2. The first-order valence-electron chi connectivity index (χ1n) is 5.34. The van der Waals surface area contributed by atoms with Crippen molar-refractivity contribution in [3.05, 3.63) is 62.5 Å². The highest BCUT2D eigenvalue weighted by atomic mass is 79.9. The summed E-state index contributed by atoms with van der Waals surface area (Å²) in [6.07, 6.45) is 1.18. The molecule has 2 rings (SSSR count). The molecule has 0 spiro atoms. The van der Waals surface area contributed by atoms with Gasteiger partial charge in [-0.05, 0) is 33.6 Å². The van der Waals surface area contributed by atoms with Crippen LogP contribution in [0, 0.1) is 15.9 Å². The largest absolute Gasteiger partial charge is 0.365 e. The van der Waals surface area contributed by atoms with Gasteiger partial charge >= 0.3 is 0 Å². The number of aromatic nitrogens is 1. The van der Waals surface area contributed by atoms with Gasteiger partial charge in [0.05, 0.1) is 9.40 Å². The summed E-state index contributed by atoms with van der Waals surface area (Å²) < 4.78 is 13.2. The molecule has 0 amide bonds. The summed E-state index contributed by atoms with van der Waals surface area (Å²) in [7, 11) is 0. The van der Waals surface area contributed by atoms with Crippen molar-refractivity contribution in [1.82, 2.24) is 4.98 Å². The Labute approximate surface area is 116 Å². The molecule has 0 radical (unpaired) electrons. The first-order valence-corrected chi connectivity index (χ1v) is 6.14. The molecule has 0 aliphatic heterocycles. The Morgan fingerprint density at radius 3 is 2.63 bits per heavy atom. The second-order valence-corrected chi connectivity index (χ2v) is 4.62. The summed E-state index contributed by atoms with van der Waals surface area (Å²) in [5, 5.41) is 13.6. The number of hydrogen-bond donors (Lipinski definition) is 1. The zero-order valence-corrected chi connectivity index (χ0v) is 11.2. The number of nitrogens with one attached hydrogen (secondary N) is 1. The Balaban J connectivity index is 2.07. The third-order valence-electron chi connectivity index (χ3n) is 2.41. The number of nitro groups is 1. The minimum atomic E-state index is -0.512. The van der Waals surface area contributed by atoms with Gasteiger partial charge in [0, 0.05) is 12.6 Å². The summed E-state index contributed by atoms with van der Waals surface area (Å²) in [6.45, 7) is 0.448. The fraction of sp³-hybridized carbons (Fsp3) is 0.0833. The van der Waals surface area contributed by atoms with E-state index in [1.807, 2.05) is 0 Å². The van der Waals surface area contributed by atoms with Gasteiger partial charge in [0.1, 0.15) is 17.8 Å². The highest BCUT2D eigenvalue weighted by Crippen LogP contribution is 2.24. The minimum absolute atomic E-state index is 0.0841. The predicted molar refractivity (Wildman–Crippen MR) is 72.3 cm³/mol. The quantitative estimate of drug-likeness (QED) is 0.690. The van der Waals surface area contributed by atoms with Crippen LogP contribution < -0.4 is 5.32 Å². The van der Waals surface area contributed by atoms with Gasteiger partial charge in [-0.3, -0.25) is 10.1 Å². The van der Waals surface area contributed by atoms with E-state index in [9.17, 15) is 14.5 Å². The molecule has 2 aromatic rings. The van der Waals surface area contributed by atoms with Gasteiger partial charge in [-0.2, -0.15) is 0 Å². The fourth-order valence-corrected chi connectivity index (χ4v) is 1.92. The van der Waals surface area contributed by atoms with Crippen LogP contribution in [-0.4, -0.2) is 9.91 Å². The summed E-state index contributed by atoms with van der Waals surface area (Å²) in [5.41, 5.74) is 0.799. The lowest BCUT2D eigenvalue weighted by molar-refractivity contribution is -0.385. The molecule has 0 saturated heterocycles. The molecule has 19 heavy (non-hydrogen) atoms. The van der Waals surface area contributed by atoms with E-state index in [-0.39, 0.29) is 11.5 Å². The van der Waals surface area contributed by atoms with Crippen molar-refractivity contribution in [2.24, 2.45) is 0 Å². The zero-order valence-electron chi connectivity index (χ0n) is 9.64. The number of anilines is 1. The molecule has 5 nitrogen and oxygen atoms in total. The van der Waals surface area contributed by atoms with Gasteiger partial charge in [-0.25, -0.2) is 9.37 Å². The standard InChI is InChI=1S/C12H9BrFN3O2/c13-11-5-10(17(18)19)7-16-12(11)15-6-8-1-3-9(14)4-2-8/h1-5,7H,6H2,(H,15,16). The second-order valence-electron chi connectivity index (χ2n) is 3.76. The Morgan fingerprint density at radius 1 is 1.37 bits per heavy atom. The Hall–Kier alpha value is -2.02. The van der Waals surface area contributed by atoms with Crippen LogP contribution in [0.15, 0.2) is 41.0 Å². The summed E-state index contributed by atoms with van der Waals surface area (Å²) in [4.78, 5) is 14.0. The van der Waals surface area contributed by atoms with Crippen LogP contribution in [-0.2, 0) is 6.54 Å². The third-order valence-corrected chi connectivity index (χ3v) is 3.02. The molecule has 1 N–H and O–H groups in total. The lowest BCUT2D eigenvalue weighted by Crippen LogP contribution is -2.02. The maximum Gasteiger partial charge on any atom is 0.288 e. The second kappa shape index (κ2) is 5.75. The zero-order chi connectivity index (χ0) is 13.8. The molecule has 0 aliphatic rings. The van der Waals surface area contributed by atoms with E-state index in [1.165, 1.54) is 24.4 Å². The van der Waals surface area contributed by atoms with E-state index in [0.29, 0.717) is 16.8 Å². The van der Waals surface area contributed by atoms with Gasteiger partial charge in [-0.1, -0.05) is 12.1 Å². The van der Waals surface area contributed by atoms with E-state index in [0.717, 1.165) is 5.56 Å². The first kappa shape index (κ1) is 13.4. The number of benzene rings is 1. The van der Waals surface area contributed by atoms with E-state index >= 15 is 0 Å². The molecule has 0 saturated carbocycles. The average Bonchev–Trinajstić information content (AvgIpc) is 2.39. The van der Waals surface area contributed by atoms with E-state index in [1.54, 1.807) is 12.1 Å². The van der Waals surface area contributed by atoms with Crippen molar-refractivity contribution in [1.29, 1.82) is 0 Å². The highest BCUT2D eigenvalue weighted by molar-refractivity contribution is 9.10. The number of rotatable bonds is 4. The third kappa shape index (κ3) is 3.47. The predicted octanol–water partition coefficient (Wildman–Crippen LogP) is 3.50. The van der Waals surface area contributed by atoms with Gasteiger partial charge in [0.15, 0.2) is 0 Å². The minimum Gasteiger partial charge on any atom is -0.365 e. The van der Waals surface area contributed by atoms with Crippen LogP contribution in [0.2, 0.25) is 0 Å². The molecule has 0 bridgehead atoms. The highest BCUT2D eigenvalue weighted by Gasteiger charge is 2.10. The summed E-state index contributed by atoms with van der Waals surface area (Å²) >= 11 is 3.21. The van der Waals surface area contributed by atoms with Crippen LogP contribution in [0.4, 0.5) is 15.9 Å². The molecular formula is C12H9BrFN3O2. The Kier molecular flexibility index (Phi) is 4.06. The van der Waals surface area contributed by atoms with Crippen molar-refractivity contribution >= 4 is 27.4 Å². The maximum atomic E-state index is 12.7. The van der Waals surface area contributed by atoms with Crippen LogP contribution in [0.5, 0.6) is 0 Å². The molecule has 98 valence electrons. The molecule has 0 unspecified atom stereocenters. The van der Waals surface area contributed by atoms with E-state index in [2.05, 4.69) is 26.2 Å². The first-order chi connectivity index (χ1) is 9.06. The molecule has 1 aromatic heterocycles. The average molecular weight is 326 g/mol. The molecule has 0 aliphatic carbocycles. The number of nitrogens with zero attached hydrogens (tertiary/aromatic N) is 2. The van der Waals surface area contributed by atoms with Gasteiger partial charge in [0.25, 0.3) is 5.69 Å². The Bertz CT molecular complexity index is 604. The lowest BCUT2D eigenvalue weighted by Gasteiger charge is -2.07. The topological polar surface area (TPSA) is 68.1 Å². The smallest absolute Gasteiger partial charge is 0.288 e. The SMILES string of the molecule is O=[N+]([O-])c1cnc(NCc2ccc(F)cc2)c(Br)c1. The van der Waals surface area contributed by atoms with Crippen molar-refractivity contribution in [2.45, 2.75) is 6.54 Å². The fourth-order valence-electron chi connectivity index (χ4n) is 1.45. The molecule has 0 fully saturated rings. The molecular weight excluding hydrogens is 317 g/mol. The van der Waals surface area contributed by atoms with Crippen LogP contribution >= 0.6 is 15.9 Å². The van der Waals surface area contributed by atoms with Crippen molar-refractivity contribution in [3.8, 4) is 0 Å². The van der Waals surface area contributed by atoms with Crippen LogP contribution in [0.25, 0.3) is 0 Å². The van der Waals surface area contributed by atoms with Crippen LogP contribution in [0.3, 0.4) is 0 Å². The van der Waals surface area contributed by atoms with E-state index < -0.39 is 4.92 Å². The van der Waals surface area contributed by atoms with Crippen molar-refractivity contribution in [2.75, 3.05) is 5.32 Å². The van der Waals surface area contributed by atoms with E-state index in [4.69, 9.17) is 0 Å². The van der Waals surface area contributed by atoms with Gasteiger partial charge in [-0.15, -0.1) is 0 Å². The Morgan fingerprint density at radius 2 is 2.05 bits per heavy atom. The molecule has 7 heteroatoms. The number of pyridine rings is 1. The summed E-state index contributed by atoms with van der Waals surface area (Å²) in [6, 6.07) is 7.42. The molecule has 1 aromatic carbocycles. The number of hydrogen-bond acceptors (Lipinski definition) is 4. The van der Waals surface area contributed by atoms with Crippen LogP contribution in [0.1, 0.15) is 5.56 Å². The van der Waals surface area contributed by atoms with Crippen molar-refractivity contribution in [3.63, 3.8) is 0 Å². The number of halogens is 2.